The number of amides is 2. The lowest BCUT2D eigenvalue weighted by molar-refractivity contribution is -0.126. The number of hydrogen-bond acceptors (Lipinski definition) is 4. The maximum atomic E-state index is 12.4. The standard InChI is InChI=1S/C21H32N4O2/c22-11-3-1-2-4-12-23-21(27)17-15-20(26)25(16-17)19-9-7-18(8-10-19)24-13-5-6-14-24/h7-10,17H,1-6,11-16,22H2,(H,23,27). The monoisotopic (exact) mass is 372 g/mol. The molecule has 3 rings (SSSR count). The minimum absolute atomic E-state index is 0.00152. The summed E-state index contributed by atoms with van der Waals surface area (Å²) >= 11 is 0. The molecule has 6 nitrogen and oxygen atoms in total. The zero-order valence-electron chi connectivity index (χ0n) is 16.2. The second kappa shape index (κ2) is 9.74. The lowest BCUT2D eigenvalue weighted by Gasteiger charge is -2.20. The zero-order valence-corrected chi connectivity index (χ0v) is 16.2. The van der Waals surface area contributed by atoms with Gasteiger partial charge in [-0.15, -0.1) is 0 Å². The van der Waals surface area contributed by atoms with E-state index in [4.69, 9.17) is 5.73 Å². The van der Waals surface area contributed by atoms with Gasteiger partial charge in [-0.2, -0.15) is 0 Å². The van der Waals surface area contributed by atoms with E-state index in [1.807, 2.05) is 12.1 Å². The van der Waals surface area contributed by atoms with Crippen LogP contribution in [0.25, 0.3) is 0 Å². The summed E-state index contributed by atoms with van der Waals surface area (Å²) in [6, 6.07) is 8.18. The predicted octanol–water partition coefficient (Wildman–Crippen LogP) is 2.28. The number of anilines is 2. The Morgan fingerprint density at radius 3 is 2.41 bits per heavy atom. The van der Waals surface area contributed by atoms with Crippen LogP contribution in [0.1, 0.15) is 44.9 Å². The van der Waals surface area contributed by atoms with Crippen molar-refractivity contribution in [1.29, 1.82) is 0 Å². The van der Waals surface area contributed by atoms with Crippen molar-refractivity contribution in [2.45, 2.75) is 44.9 Å². The van der Waals surface area contributed by atoms with Crippen LogP contribution in [0, 0.1) is 5.92 Å². The summed E-state index contributed by atoms with van der Waals surface area (Å²) in [6.45, 7) is 4.10. The van der Waals surface area contributed by atoms with Gasteiger partial charge in [0.1, 0.15) is 0 Å². The van der Waals surface area contributed by atoms with E-state index in [-0.39, 0.29) is 17.7 Å². The second-order valence-corrected chi connectivity index (χ2v) is 7.61. The first kappa shape index (κ1) is 19.7. The van der Waals surface area contributed by atoms with Gasteiger partial charge < -0.3 is 20.9 Å². The van der Waals surface area contributed by atoms with Crippen LogP contribution in [-0.2, 0) is 9.59 Å². The number of benzene rings is 1. The summed E-state index contributed by atoms with van der Waals surface area (Å²) in [4.78, 5) is 28.9. The van der Waals surface area contributed by atoms with E-state index in [2.05, 4.69) is 22.3 Å². The van der Waals surface area contributed by atoms with E-state index in [0.29, 0.717) is 19.5 Å². The largest absolute Gasteiger partial charge is 0.372 e. The first-order valence-electron chi connectivity index (χ1n) is 10.3. The van der Waals surface area contributed by atoms with Gasteiger partial charge in [0, 0.05) is 44.0 Å². The molecule has 0 saturated carbocycles. The van der Waals surface area contributed by atoms with Crippen LogP contribution in [0.2, 0.25) is 0 Å². The summed E-state index contributed by atoms with van der Waals surface area (Å²) in [5.74, 6) is -0.217. The minimum atomic E-state index is -0.250. The molecule has 27 heavy (non-hydrogen) atoms. The predicted molar refractivity (Wildman–Crippen MR) is 109 cm³/mol. The fourth-order valence-corrected chi connectivity index (χ4v) is 3.93. The van der Waals surface area contributed by atoms with Crippen molar-refractivity contribution in [3.05, 3.63) is 24.3 Å². The topological polar surface area (TPSA) is 78.7 Å². The average molecular weight is 373 g/mol. The molecule has 1 aromatic rings. The molecule has 6 heteroatoms. The Balaban J connectivity index is 1.47. The molecule has 0 aromatic heterocycles. The zero-order chi connectivity index (χ0) is 19.1. The van der Waals surface area contributed by atoms with E-state index in [9.17, 15) is 9.59 Å². The van der Waals surface area contributed by atoms with Gasteiger partial charge in [-0.1, -0.05) is 12.8 Å². The Hall–Kier alpha value is -2.08. The van der Waals surface area contributed by atoms with Crippen LogP contribution in [-0.4, -0.2) is 44.5 Å². The molecule has 0 spiro atoms. The van der Waals surface area contributed by atoms with Gasteiger partial charge in [-0.05, 0) is 56.5 Å². The van der Waals surface area contributed by atoms with Gasteiger partial charge >= 0.3 is 0 Å². The van der Waals surface area contributed by atoms with E-state index in [1.165, 1.54) is 18.5 Å². The van der Waals surface area contributed by atoms with Gasteiger partial charge in [-0.25, -0.2) is 0 Å². The highest BCUT2D eigenvalue weighted by molar-refractivity contribution is 6.00. The van der Waals surface area contributed by atoms with E-state index >= 15 is 0 Å². The summed E-state index contributed by atoms with van der Waals surface area (Å²) < 4.78 is 0. The molecule has 2 fully saturated rings. The van der Waals surface area contributed by atoms with Crippen molar-refractivity contribution in [1.82, 2.24) is 5.32 Å². The molecular formula is C21H32N4O2. The molecule has 1 atom stereocenters. The number of nitrogens with two attached hydrogens (primary N) is 1. The summed E-state index contributed by atoms with van der Waals surface area (Å²) in [6.07, 6.45) is 6.98. The van der Waals surface area contributed by atoms with E-state index < -0.39 is 0 Å². The quantitative estimate of drug-likeness (QED) is 0.652. The van der Waals surface area contributed by atoms with Crippen LogP contribution in [0.3, 0.4) is 0 Å². The van der Waals surface area contributed by atoms with Gasteiger partial charge in [0.15, 0.2) is 0 Å². The van der Waals surface area contributed by atoms with Gasteiger partial charge in [0.2, 0.25) is 11.8 Å². The number of nitrogens with one attached hydrogen (secondary N) is 1. The van der Waals surface area contributed by atoms with Crippen molar-refractivity contribution in [3.63, 3.8) is 0 Å². The minimum Gasteiger partial charge on any atom is -0.372 e. The highest BCUT2D eigenvalue weighted by Gasteiger charge is 2.34. The fraction of sp³-hybridized carbons (Fsp3) is 0.619. The molecule has 0 bridgehead atoms. The Kier molecular flexibility index (Phi) is 7.10. The molecule has 1 unspecified atom stereocenters. The van der Waals surface area contributed by atoms with Gasteiger partial charge in [0.05, 0.1) is 5.92 Å². The molecule has 2 aliphatic heterocycles. The number of hydrogen-bond donors (Lipinski definition) is 2. The molecule has 2 heterocycles. The first-order valence-corrected chi connectivity index (χ1v) is 10.3. The first-order chi connectivity index (χ1) is 13.2. The van der Waals surface area contributed by atoms with Crippen LogP contribution >= 0.6 is 0 Å². The van der Waals surface area contributed by atoms with Crippen molar-refractivity contribution in [2.75, 3.05) is 42.5 Å². The highest BCUT2D eigenvalue weighted by atomic mass is 16.2. The number of carbonyl (C=O) groups is 2. The number of carbonyl (C=O) groups excluding carboxylic acids is 2. The van der Waals surface area contributed by atoms with Crippen LogP contribution in [0.15, 0.2) is 24.3 Å². The molecule has 0 aliphatic carbocycles. The Morgan fingerprint density at radius 1 is 1.04 bits per heavy atom. The average Bonchev–Trinajstić information content (AvgIpc) is 3.34. The third-order valence-electron chi connectivity index (χ3n) is 5.56. The van der Waals surface area contributed by atoms with E-state index in [0.717, 1.165) is 51.0 Å². The summed E-state index contributed by atoms with van der Waals surface area (Å²) in [7, 11) is 0. The van der Waals surface area contributed by atoms with Crippen LogP contribution in [0.4, 0.5) is 11.4 Å². The smallest absolute Gasteiger partial charge is 0.227 e. The molecule has 1 aromatic carbocycles. The van der Waals surface area contributed by atoms with Crippen molar-refractivity contribution in [3.8, 4) is 0 Å². The molecule has 0 radical (unpaired) electrons. The van der Waals surface area contributed by atoms with Crippen molar-refractivity contribution in [2.24, 2.45) is 11.7 Å². The lowest BCUT2D eigenvalue weighted by atomic mass is 10.1. The normalized spacial score (nSPS) is 19.7. The van der Waals surface area contributed by atoms with Gasteiger partial charge in [-0.3, -0.25) is 9.59 Å². The maximum absolute atomic E-state index is 12.4. The summed E-state index contributed by atoms with van der Waals surface area (Å²) in [5.41, 5.74) is 7.58. The molecule has 2 saturated heterocycles. The van der Waals surface area contributed by atoms with Crippen molar-refractivity contribution < 1.29 is 9.59 Å². The number of rotatable bonds is 9. The molecule has 2 amide bonds. The number of unbranched alkanes of at least 4 members (excludes halogenated alkanes) is 3. The Labute approximate surface area is 162 Å². The van der Waals surface area contributed by atoms with Gasteiger partial charge in [0.25, 0.3) is 0 Å². The van der Waals surface area contributed by atoms with Crippen LogP contribution < -0.4 is 20.9 Å². The lowest BCUT2D eigenvalue weighted by Crippen LogP contribution is -2.33. The summed E-state index contributed by atoms with van der Waals surface area (Å²) in [5, 5.41) is 2.98. The van der Waals surface area contributed by atoms with Crippen LogP contribution in [0.5, 0.6) is 0 Å². The molecule has 3 N–H and O–H groups in total. The molecular weight excluding hydrogens is 340 g/mol. The third kappa shape index (κ3) is 5.22. The molecule has 148 valence electrons. The maximum Gasteiger partial charge on any atom is 0.227 e. The molecule has 2 aliphatic rings. The highest BCUT2D eigenvalue weighted by Crippen LogP contribution is 2.28. The third-order valence-corrected chi connectivity index (χ3v) is 5.56. The Bertz CT molecular complexity index is 626. The second-order valence-electron chi connectivity index (χ2n) is 7.61. The Morgan fingerprint density at radius 2 is 1.70 bits per heavy atom. The van der Waals surface area contributed by atoms with Crippen molar-refractivity contribution >= 4 is 23.2 Å². The SMILES string of the molecule is NCCCCCCNC(=O)C1CC(=O)N(c2ccc(N3CCCC3)cc2)C1. The van der Waals surface area contributed by atoms with E-state index in [1.54, 1.807) is 4.90 Å². The number of nitrogens with zero attached hydrogens (tertiary/aromatic N) is 2. The fourth-order valence-electron chi connectivity index (χ4n) is 3.93.